The molecule has 0 aliphatic heterocycles. The first kappa shape index (κ1) is 9.20. The van der Waals surface area contributed by atoms with Gasteiger partial charge in [-0.25, -0.2) is 4.98 Å². The zero-order valence-corrected chi connectivity index (χ0v) is 7.77. The Kier molecular flexibility index (Phi) is 2.32. The third-order valence-electron chi connectivity index (χ3n) is 1.77. The standard InChI is InChI=1S/C9H9N5O/c10-6-2-1-3-7(4-6)13-9(15)8-11-5-12-14-8/h1-5H,10H2,(H,13,15)(H,11,12,14). The van der Waals surface area contributed by atoms with Crippen LogP contribution in [0.25, 0.3) is 0 Å². The van der Waals surface area contributed by atoms with Crippen LogP contribution in [0.3, 0.4) is 0 Å². The van der Waals surface area contributed by atoms with Crippen molar-refractivity contribution in [2.75, 3.05) is 11.1 Å². The lowest BCUT2D eigenvalue weighted by atomic mass is 10.3. The van der Waals surface area contributed by atoms with Gasteiger partial charge in [0.25, 0.3) is 5.91 Å². The lowest BCUT2D eigenvalue weighted by Crippen LogP contribution is -2.13. The van der Waals surface area contributed by atoms with Gasteiger partial charge in [0.15, 0.2) is 0 Å². The fourth-order valence-corrected chi connectivity index (χ4v) is 1.12. The van der Waals surface area contributed by atoms with E-state index < -0.39 is 0 Å². The molecule has 1 aromatic heterocycles. The highest BCUT2D eigenvalue weighted by Crippen LogP contribution is 2.12. The molecule has 1 heterocycles. The highest BCUT2D eigenvalue weighted by molar-refractivity contribution is 6.01. The molecule has 0 spiro atoms. The molecular weight excluding hydrogens is 194 g/mol. The first-order valence-electron chi connectivity index (χ1n) is 4.28. The number of carbonyl (C=O) groups excluding carboxylic acids is 1. The SMILES string of the molecule is Nc1cccc(NC(=O)c2ncn[nH]2)c1. The smallest absolute Gasteiger partial charge is 0.292 e. The van der Waals surface area contributed by atoms with Gasteiger partial charge >= 0.3 is 0 Å². The maximum absolute atomic E-state index is 11.5. The molecule has 15 heavy (non-hydrogen) atoms. The van der Waals surface area contributed by atoms with Gasteiger partial charge in [-0.3, -0.25) is 9.89 Å². The number of hydrogen-bond donors (Lipinski definition) is 3. The van der Waals surface area contributed by atoms with E-state index in [1.54, 1.807) is 24.3 Å². The normalized spacial score (nSPS) is 9.87. The second-order valence-corrected chi connectivity index (χ2v) is 2.91. The number of nitrogens with one attached hydrogen (secondary N) is 2. The quantitative estimate of drug-likeness (QED) is 0.624. The molecule has 1 amide bonds. The number of benzene rings is 1. The number of aromatic amines is 1. The summed E-state index contributed by atoms with van der Waals surface area (Å²) in [5.74, 6) is -0.185. The first-order chi connectivity index (χ1) is 7.25. The highest BCUT2D eigenvalue weighted by Gasteiger charge is 2.08. The van der Waals surface area contributed by atoms with Crippen LogP contribution in [-0.4, -0.2) is 21.1 Å². The van der Waals surface area contributed by atoms with Gasteiger partial charge in [-0.1, -0.05) is 6.07 Å². The van der Waals surface area contributed by atoms with Crippen molar-refractivity contribution in [3.8, 4) is 0 Å². The minimum Gasteiger partial charge on any atom is -0.399 e. The molecule has 0 unspecified atom stereocenters. The van der Waals surface area contributed by atoms with Crippen LogP contribution in [-0.2, 0) is 0 Å². The van der Waals surface area contributed by atoms with E-state index in [4.69, 9.17) is 5.73 Å². The fraction of sp³-hybridized carbons (Fsp3) is 0. The summed E-state index contributed by atoms with van der Waals surface area (Å²) in [6.07, 6.45) is 1.27. The van der Waals surface area contributed by atoms with Gasteiger partial charge in [0.05, 0.1) is 0 Å². The van der Waals surface area contributed by atoms with Crippen molar-refractivity contribution in [3.63, 3.8) is 0 Å². The van der Waals surface area contributed by atoms with Gasteiger partial charge in [-0.2, -0.15) is 5.10 Å². The Morgan fingerprint density at radius 3 is 3.00 bits per heavy atom. The Labute approximate surface area is 85.5 Å². The Bertz CT molecular complexity index is 465. The van der Waals surface area contributed by atoms with E-state index in [1.165, 1.54) is 6.33 Å². The summed E-state index contributed by atoms with van der Waals surface area (Å²) in [6, 6.07) is 6.90. The molecule has 1 aromatic carbocycles. The third kappa shape index (κ3) is 2.11. The molecule has 2 rings (SSSR count). The van der Waals surface area contributed by atoms with Crippen molar-refractivity contribution in [1.29, 1.82) is 0 Å². The Hall–Kier alpha value is -2.37. The van der Waals surface area contributed by atoms with Crippen molar-refractivity contribution in [2.45, 2.75) is 0 Å². The van der Waals surface area contributed by atoms with Gasteiger partial charge in [-0.15, -0.1) is 0 Å². The molecule has 6 heteroatoms. The van der Waals surface area contributed by atoms with Gasteiger partial charge < -0.3 is 11.1 Å². The van der Waals surface area contributed by atoms with Crippen LogP contribution >= 0.6 is 0 Å². The highest BCUT2D eigenvalue weighted by atomic mass is 16.2. The molecule has 6 nitrogen and oxygen atoms in total. The first-order valence-corrected chi connectivity index (χ1v) is 4.28. The summed E-state index contributed by atoms with van der Waals surface area (Å²) >= 11 is 0. The van der Waals surface area contributed by atoms with Crippen molar-refractivity contribution in [1.82, 2.24) is 15.2 Å². The van der Waals surface area contributed by atoms with Crippen molar-refractivity contribution < 1.29 is 4.79 Å². The Morgan fingerprint density at radius 1 is 1.47 bits per heavy atom. The third-order valence-corrected chi connectivity index (χ3v) is 1.77. The summed E-state index contributed by atoms with van der Waals surface area (Å²) in [6.45, 7) is 0. The molecule has 0 bridgehead atoms. The molecular formula is C9H9N5O. The molecule has 76 valence electrons. The molecule has 0 fully saturated rings. The van der Waals surface area contributed by atoms with E-state index in [0.717, 1.165) is 0 Å². The topological polar surface area (TPSA) is 96.7 Å². The van der Waals surface area contributed by atoms with E-state index in [0.29, 0.717) is 11.4 Å². The molecule has 0 saturated heterocycles. The lowest BCUT2D eigenvalue weighted by molar-refractivity contribution is 0.101. The minimum atomic E-state index is -0.349. The van der Waals surface area contributed by atoms with E-state index in [9.17, 15) is 4.79 Å². The number of H-pyrrole nitrogens is 1. The number of hydrogen-bond acceptors (Lipinski definition) is 4. The van der Waals surface area contributed by atoms with Crippen molar-refractivity contribution >= 4 is 17.3 Å². The van der Waals surface area contributed by atoms with Crippen LogP contribution in [0.5, 0.6) is 0 Å². The second kappa shape index (κ2) is 3.79. The molecule has 2 aromatic rings. The number of carbonyl (C=O) groups is 1. The fourth-order valence-electron chi connectivity index (χ4n) is 1.12. The van der Waals surface area contributed by atoms with Gasteiger partial charge in [-0.05, 0) is 18.2 Å². The van der Waals surface area contributed by atoms with E-state index in [-0.39, 0.29) is 11.7 Å². The van der Waals surface area contributed by atoms with Crippen LogP contribution in [0, 0.1) is 0 Å². The van der Waals surface area contributed by atoms with Gasteiger partial charge in [0, 0.05) is 11.4 Å². The minimum absolute atomic E-state index is 0.164. The summed E-state index contributed by atoms with van der Waals surface area (Å²) in [7, 11) is 0. The van der Waals surface area contributed by atoms with E-state index >= 15 is 0 Å². The van der Waals surface area contributed by atoms with Gasteiger partial charge in [0.1, 0.15) is 6.33 Å². The predicted octanol–water partition coefficient (Wildman–Crippen LogP) is 0.639. The number of anilines is 2. The number of nitrogen functional groups attached to an aromatic ring is 1. The van der Waals surface area contributed by atoms with Crippen molar-refractivity contribution in [3.05, 3.63) is 36.4 Å². The van der Waals surface area contributed by atoms with Crippen LogP contribution in [0.4, 0.5) is 11.4 Å². The molecule has 0 radical (unpaired) electrons. The zero-order valence-electron chi connectivity index (χ0n) is 7.77. The number of nitrogens with two attached hydrogens (primary N) is 1. The zero-order chi connectivity index (χ0) is 10.7. The summed E-state index contributed by atoms with van der Waals surface area (Å²) in [5, 5.41) is 8.68. The molecule has 4 N–H and O–H groups in total. The maximum Gasteiger partial charge on any atom is 0.292 e. The molecule has 0 aliphatic rings. The summed E-state index contributed by atoms with van der Waals surface area (Å²) < 4.78 is 0. The number of nitrogens with zero attached hydrogens (tertiary/aromatic N) is 2. The van der Waals surface area contributed by atoms with Crippen LogP contribution < -0.4 is 11.1 Å². The van der Waals surface area contributed by atoms with Crippen molar-refractivity contribution in [2.24, 2.45) is 0 Å². The van der Waals surface area contributed by atoms with Crippen LogP contribution in [0.2, 0.25) is 0 Å². The number of amides is 1. The average molecular weight is 203 g/mol. The molecule has 0 atom stereocenters. The van der Waals surface area contributed by atoms with Crippen LogP contribution in [0.15, 0.2) is 30.6 Å². The van der Waals surface area contributed by atoms with Crippen LogP contribution in [0.1, 0.15) is 10.6 Å². The largest absolute Gasteiger partial charge is 0.399 e. The summed E-state index contributed by atoms with van der Waals surface area (Å²) in [4.78, 5) is 15.2. The monoisotopic (exact) mass is 203 g/mol. The van der Waals surface area contributed by atoms with E-state index in [2.05, 4.69) is 20.5 Å². The van der Waals surface area contributed by atoms with Gasteiger partial charge in [0.2, 0.25) is 5.82 Å². The predicted molar refractivity (Wildman–Crippen MR) is 55.2 cm³/mol. The Morgan fingerprint density at radius 2 is 2.33 bits per heavy atom. The Balaban J connectivity index is 2.13. The second-order valence-electron chi connectivity index (χ2n) is 2.91. The van der Waals surface area contributed by atoms with E-state index in [1.807, 2.05) is 0 Å². The maximum atomic E-state index is 11.5. The average Bonchev–Trinajstić information content (AvgIpc) is 2.70. The number of aromatic nitrogens is 3. The lowest BCUT2D eigenvalue weighted by Gasteiger charge is -2.02. The molecule has 0 saturated carbocycles. The number of rotatable bonds is 2. The summed E-state index contributed by atoms with van der Waals surface area (Å²) in [5.41, 5.74) is 6.78. The molecule has 0 aliphatic carbocycles.